The van der Waals surface area contributed by atoms with E-state index in [9.17, 15) is 18.0 Å². The minimum atomic E-state index is -4.58. The first kappa shape index (κ1) is 20.0. The normalized spacial score (nSPS) is 12.6. The predicted octanol–water partition coefficient (Wildman–Crippen LogP) is 5.89. The van der Waals surface area contributed by atoms with Crippen LogP contribution in [-0.4, -0.2) is 18.2 Å². The van der Waals surface area contributed by atoms with Crippen molar-refractivity contribution in [2.75, 3.05) is 0 Å². The molecule has 0 heterocycles. The summed E-state index contributed by atoms with van der Waals surface area (Å²) in [6.45, 7) is 0.814. The highest BCUT2D eigenvalue weighted by Gasteiger charge is 2.39. The van der Waals surface area contributed by atoms with Gasteiger partial charge in [0.2, 0.25) is 0 Å². The lowest BCUT2D eigenvalue weighted by Gasteiger charge is -2.16. The van der Waals surface area contributed by atoms with Gasteiger partial charge in [-0.05, 0) is 55.5 Å². The predicted molar refractivity (Wildman–Crippen MR) is 102 cm³/mol. The van der Waals surface area contributed by atoms with E-state index in [2.05, 4.69) is 4.74 Å². The van der Waals surface area contributed by atoms with Gasteiger partial charge in [0.25, 0.3) is 0 Å². The molecule has 0 amide bonds. The molecule has 6 heteroatoms. The third-order valence-electron chi connectivity index (χ3n) is 4.03. The molecule has 0 saturated heterocycles. The summed E-state index contributed by atoms with van der Waals surface area (Å²) in [7, 11) is -0.393. The molecular formula is C22H18F3O2S+. The highest BCUT2D eigenvalue weighted by molar-refractivity contribution is 7.97. The van der Waals surface area contributed by atoms with Crippen molar-refractivity contribution in [2.24, 2.45) is 0 Å². The van der Waals surface area contributed by atoms with Gasteiger partial charge in [-0.25, -0.2) is 4.79 Å². The summed E-state index contributed by atoms with van der Waals surface area (Å²) in [5.74, 6) is -0.990. The average Bonchev–Trinajstić information content (AvgIpc) is 2.69. The largest absolute Gasteiger partial charge is 0.449 e. The van der Waals surface area contributed by atoms with E-state index in [0.29, 0.717) is 0 Å². The van der Waals surface area contributed by atoms with Crippen LogP contribution in [0.3, 0.4) is 0 Å². The molecule has 0 aliphatic heterocycles. The van der Waals surface area contributed by atoms with E-state index in [1.54, 1.807) is 12.1 Å². The Morgan fingerprint density at radius 2 is 1.21 bits per heavy atom. The second-order valence-electron chi connectivity index (χ2n) is 6.05. The van der Waals surface area contributed by atoms with E-state index < -0.39 is 29.1 Å². The minimum Gasteiger partial charge on any atom is -0.449 e. The molecule has 0 aliphatic rings. The molecule has 0 N–H and O–H groups in total. The summed E-state index contributed by atoms with van der Waals surface area (Å²) in [4.78, 5) is 15.2. The van der Waals surface area contributed by atoms with Gasteiger partial charge in [-0.2, -0.15) is 13.2 Å². The number of carbonyl (C=O) groups excluding carboxylic acids is 1. The van der Waals surface area contributed by atoms with Gasteiger partial charge >= 0.3 is 12.1 Å². The fraction of sp³-hybridized carbons (Fsp3) is 0.136. The lowest BCUT2D eigenvalue weighted by atomic mass is 10.2. The molecule has 0 saturated carbocycles. The van der Waals surface area contributed by atoms with Crippen molar-refractivity contribution in [3.05, 3.63) is 90.5 Å². The average molecular weight is 403 g/mol. The van der Waals surface area contributed by atoms with Crippen LogP contribution in [0.5, 0.6) is 0 Å². The molecule has 2 nitrogen and oxygen atoms in total. The SMILES string of the molecule is CC(OC(=O)c1ccc([S+](c2ccccc2)c2ccccc2)cc1)C(F)(F)F. The summed E-state index contributed by atoms with van der Waals surface area (Å²) in [5.41, 5.74) is 0.0875. The van der Waals surface area contributed by atoms with Gasteiger partial charge in [0, 0.05) is 0 Å². The van der Waals surface area contributed by atoms with Crippen molar-refractivity contribution in [1.82, 2.24) is 0 Å². The summed E-state index contributed by atoms with van der Waals surface area (Å²) in [6, 6.07) is 26.4. The van der Waals surface area contributed by atoms with E-state index in [1.807, 2.05) is 60.7 Å². The van der Waals surface area contributed by atoms with Crippen LogP contribution < -0.4 is 0 Å². The van der Waals surface area contributed by atoms with Crippen molar-refractivity contribution < 1.29 is 22.7 Å². The molecule has 0 fully saturated rings. The quantitative estimate of drug-likeness (QED) is 0.392. The van der Waals surface area contributed by atoms with Crippen molar-refractivity contribution in [3.8, 4) is 0 Å². The Labute approximate surface area is 164 Å². The van der Waals surface area contributed by atoms with Crippen LogP contribution in [-0.2, 0) is 15.6 Å². The molecule has 144 valence electrons. The van der Waals surface area contributed by atoms with Crippen LogP contribution in [0.15, 0.2) is 99.6 Å². The van der Waals surface area contributed by atoms with Crippen LogP contribution in [0.1, 0.15) is 17.3 Å². The lowest BCUT2D eigenvalue weighted by molar-refractivity contribution is -0.198. The number of hydrogen-bond acceptors (Lipinski definition) is 2. The fourth-order valence-corrected chi connectivity index (χ4v) is 4.63. The Balaban J connectivity index is 1.88. The third kappa shape index (κ3) is 4.75. The summed E-state index contributed by atoms with van der Waals surface area (Å²) >= 11 is 0. The van der Waals surface area contributed by atoms with Gasteiger partial charge in [0.05, 0.1) is 16.5 Å². The Kier molecular flexibility index (Phi) is 6.09. The molecule has 0 aliphatic carbocycles. The summed E-state index contributed by atoms with van der Waals surface area (Å²) in [6.07, 6.45) is -6.73. The molecule has 0 aromatic heterocycles. The number of alkyl halides is 3. The van der Waals surface area contributed by atoms with Crippen LogP contribution in [0.4, 0.5) is 13.2 Å². The van der Waals surface area contributed by atoms with E-state index in [1.165, 1.54) is 12.1 Å². The fourth-order valence-electron chi connectivity index (χ4n) is 2.54. The topological polar surface area (TPSA) is 26.3 Å². The van der Waals surface area contributed by atoms with Gasteiger partial charge in [-0.3, -0.25) is 0 Å². The van der Waals surface area contributed by atoms with E-state index in [-0.39, 0.29) is 5.56 Å². The van der Waals surface area contributed by atoms with E-state index in [4.69, 9.17) is 0 Å². The van der Waals surface area contributed by atoms with Gasteiger partial charge in [0.15, 0.2) is 20.8 Å². The van der Waals surface area contributed by atoms with Crippen molar-refractivity contribution in [1.29, 1.82) is 0 Å². The van der Waals surface area contributed by atoms with Gasteiger partial charge in [-0.15, -0.1) is 0 Å². The standard InChI is InChI=1S/C22H18F3O2S/c1-16(22(23,24)25)27-21(26)17-12-14-20(15-13-17)28(18-8-4-2-5-9-18)19-10-6-3-7-11-19/h2-16H,1H3/q+1. The first-order valence-corrected chi connectivity index (χ1v) is 9.81. The van der Waals surface area contributed by atoms with Crippen LogP contribution in [0.25, 0.3) is 0 Å². The number of ether oxygens (including phenoxy) is 1. The Hall–Kier alpha value is -2.73. The minimum absolute atomic E-state index is 0.0875. The monoisotopic (exact) mass is 403 g/mol. The second-order valence-corrected chi connectivity index (χ2v) is 8.07. The smallest absolute Gasteiger partial charge is 0.425 e. The lowest BCUT2D eigenvalue weighted by Crippen LogP contribution is -2.30. The Bertz CT molecular complexity index is 871. The molecule has 3 rings (SSSR count). The van der Waals surface area contributed by atoms with Crippen LogP contribution in [0.2, 0.25) is 0 Å². The highest BCUT2D eigenvalue weighted by atomic mass is 32.2. The Morgan fingerprint density at radius 1 is 0.786 bits per heavy atom. The van der Waals surface area contributed by atoms with Gasteiger partial charge in [-0.1, -0.05) is 36.4 Å². The number of hydrogen-bond donors (Lipinski definition) is 0. The first-order chi connectivity index (χ1) is 13.4. The number of esters is 1. The molecule has 3 aromatic carbocycles. The number of rotatable bonds is 5. The zero-order valence-electron chi connectivity index (χ0n) is 15.0. The van der Waals surface area contributed by atoms with Gasteiger partial charge < -0.3 is 4.74 Å². The molecule has 3 aromatic rings. The van der Waals surface area contributed by atoms with Gasteiger partial charge in [0.1, 0.15) is 0 Å². The summed E-state index contributed by atoms with van der Waals surface area (Å²) in [5, 5.41) is 0. The van der Waals surface area contributed by atoms with Crippen molar-refractivity contribution in [2.45, 2.75) is 33.9 Å². The molecule has 1 atom stereocenters. The maximum absolute atomic E-state index is 12.6. The zero-order valence-corrected chi connectivity index (χ0v) is 15.8. The highest BCUT2D eigenvalue weighted by Crippen LogP contribution is 2.31. The van der Waals surface area contributed by atoms with Crippen molar-refractivity contribution >= 4 is 16.9 Å². The number of carbonyl (C=O) groups is 1. The maximum atomic E-state index is 12.6. The van der Waals surface area contributed by atoms with E-state index in [0.717, 1.165) is 21.6 Å². The van der Waals surface area contributed by atoms with E-state index >= 15 is 0 Å². The van der Waals surface area contributed by atoms with Crippen molar-refractivity contribution in [3.63, 3.8) is 0 Å². The molecule has 28 heavy (non-hydrogen) atoms. The summed E-state index contributed by atoms with van der Waals surface area (Å²) < 4.78 is 42.3. The zero-order chi connectivity index (χ0) is 20.1. The molecule has 0 radical (unpaired) electrons. The number of benzene rings is 3. The molecule has 1 unspecified atom stereocenters. The number of halogens is 3. The molecule has 0 bridgehead atoms. The second kappa shape index (κ2) is 8.52. The van der Waals surface area contributed by atoms with Crippen LogP contribution >= 0.6 is 0 Å². The van der Waals surface area contributed by atoms with Crippen LogP contribution in [0, 0.1) is 0 Å². The molecular weight excluding hydrogens is 385 g/mol. The third-order valence-corrected chi connectivity index (χ3v) is 6.26. The Morgan fingerprint density at radius 3 is 1.64 bits per heavy atom. The molecule has 0 spiro atoms. The first-order valence-electron chi connectivity index (χ1n) is 8.58. The maximum Gasteiger partial charge on any atom is 0.425 e.